The third-order valence-corrected chi connectivity index (χ3v) is 2.05. The zero-order valence-electron chi connectivity index (χ0n) is 8.85. The Morgan fingerprint density at radius 3 is 2.75 bits per heavy atom. The number of anilines is 1. The molecule has 4 N–H and O–H groups in total. The number of carboxylic acid groups (broad SMARTS) is 1. The van der Waals surface area contributed by atoms with Gasteiger partial charge in [-0.25, -0.2) is 4.79 Å². The van der Waals surface area contributed by atoms with Crippen molar-refractivity contribution in [2.75, 3.05) is 18.9 Å². The highest BCUT2D eigenvalue weighted by molar-refractivity contribution is 5.91. The quantitative estimate of drug-likeness (QED) is 0.498. The highest BCUT2D eigenvalue weighted by Gasteiger charge is 2.11. The van der Waals surface area contributed by atoms with Crippen molar-refractivity contribution in [2.45, 2.75) is 12.8 Å². The lowest BCUT2D eigenvalue weighted by atomic mass is 10.2. The predicted octanol–water partition coefficient (Wildman–Crippen LogP) is 1.12. The Kier molecular flexibility index (Phi) is 4.60. The summed E-state index contributed by atoms with van der Waals surface area (Å²) in [7, 11) is 0. The number of aliphatic hydroxyl groups is 1. The summed E-state index contributed by atoms with van der Waals surface area (Å²) in [6.45, 7) is 0.469. The maximum absolute atomic E-state index is 10.9. The van der Waals surface area contributed by atoms with Crippen LogP contribution in [0.25, 0.3) is 0 Å². The van der Waals surface area contributed by atoms with Crippen LogP contribution in [-0.4, -0.2) is 29.4 Å². The number of hydrogen-bond acceptors (Lipinski definition) is 4. The summed E-state index contributed by atoms with van der Waals surface area (Å²) >= 11 is 0. The molecule has 0 saturated heterocycles. The first-order valence-corrected chi connectivity index (χ1v) is 5.01. The van der Waals surface area contributed by atoms with Crippen LogP contribution in [0.15, 0.2) is 18.2 Å². The number of nitrogens with two attached hydrogens (primary N) is 1. The first kappa shape index (κ1) is 12.3. The third-order valence-electron chi connectivity index (χ3n) is 2.05. The fourth-order valence-electron chi connectivity index (χ4n) is 1.23. The van der Waals surface area contributed by atoms with Gasteiger partial charge in [0, 0.05) is 18.4 Å². The molecule has 0 radical (unpaired) electrons. The van der Waals surface area contributed by atoms with Crippen LogP contribution in [-0.2, 0) is 0 Å². The summed E-state index contributed by atoms with van der Waals surface area (Å²) < 4.78 is 5.31. The van der Waals surface area contributed by atoms with Gasteiger partial charge in [-0.05, 0) is 25.0 Å². The number of carboxylic acids is 1. The van der Waals surface area contributed by atoms with Gasteiger partial charge in [-0.3, -0.25) is 0 Å². The maximum Gasteiger partial charge on any atom is 0.339 e. The van der Waals surface area contributed by atoms with Gasteiger partial charge in [0.05, 0.1) is 6.61 Å². The van der Waals surface area contributed by atoms with Gasteiger partial charge >= 0.3 is 5.97 Å². The molecule has 0 heterocycles. The van der Waals surface area contributed by atoms with E-state index >= 15 is 0 Å². The topological polar surface area (TPSA) is 92.8 Å². The van der Waals surface area contributed by atoms with Crippen molar-refractivity contribution in [1.82, 2.24) is 0 Å². The highest BCUT2D eigenvalue weighted by Crippen LogP contribution is 2.22. The molecule has 0 spiro atoms. The Labute approximate surface area is 93.5 Å². The monoisotopic (exact) mass is 225 g/mol. The largest absolute Gasteiger partial charge is 0.493 e. The predicted molar refractivity (Wildman–Crippen MR) is 59.6 cm³/mol. The maximum atomic E-state index is 10.9. The van der Waals surface area contributed by atoms with E-state index in [1.165, 1.54) is 18.2 Å². The van der Waals surface area contributed by atoms with Crippen LogP contribution >= 0.6 is 0 Å². The molecule has 16 heavy (non-hydrogen) atoms. The molecular formula is C11H15NO4. The highest BCUT2D eigenvalue weighted by atomic mass is 16.5. The molecule has 1 aromatic rings. The summed E-state index contributed by atoms with van der Waals surface area (Å²) in [5.41, 5.74) is 6.10. The molecule has 0 fully saturated rings. The van der Waals surface area contributed by atoms with E-state index in [1.54, 1.807) is 0 Å². The number of unbranched alkanes of at least 4 members (excludes halogenated alkanes) is 1. The fourth-order valence-corrected chi connectivity index (χ4v) is 1.23. The lowest BCUT2D eigenvalue weighted by Gasteiger charge is -2.09. The van der Waals surface area contributed by atoms with E-state index in [2.05, 4.69) is 0 Å². The number of ether oxygens (including phenoxy) is 1. The van der Waals surface area contributed by atoms with E-state index in [0.29, 0.717) is 25.1 Å². The van der Waals surface area contributed by atoms with Crippen LogP contribution in [0.3, 0.4) is 0 Å². The van der Waals surface area contributed by atoms with Crippen molar-refractivity contribution >= 4 is 11.7 Å². The summed E-state index contributed by atoms with van der Waals surface area (Å²) in [5.74, 6) is -0.775. The molecule has 1 aromatic carbocycles. The van der Waals surface area contributed by atoms with Crippen LogP contribution in [0, 0.1) is 0 Å². The van der Waals surface area contributed by atoms with Crippen LogP contribution in [0.1, 0.15) is 23.2 Å². The van der Waals surface area contributed by atoms with E-state index < -0.39 is 5.97 Å². The van der Waals surface area contributed by atoms with Crippen molar-refractivity contribution in [2.24, 2.45) is 0 Å². The van der Waals surface area contributed by atoms with E-state index in [4.69, 9.17) is 20.7 Å². The standard InChI is InChI=1S/C11H15NO4/c12-8-3-4-9(11(14)15)10(7-8)16-6-2-1-5-13/h3-4,7,13H,1-2,5-6,12H2,(H,14,15). The molecule has 0 saturated carbocycles. The number of hydrogen-bond donors (Lipinski definition) is 3. The van der Waals surface area contributed by atoms with Gasteiger partial charge in [0.15, 0.2) is 0 Å². The Morgan fingerprint density at radius 1 is 1.38 bits per heavy atom. The molecular weight excluding hydrogens is 210 g/mol. The minimum atomic E-state index is -1.04. The van der Waals surface area contributed by atoms with Gasteiger partial charge < -0.3 is 20.7 Å². The minimum Gasteiger partial charge on any atom is -0.493 e. The molecule has 5 heteroatoms. The summed E-state index contributed by atoms with van der Waals surface area (Å²) in [5, 5.41) is 17.5. The zero-order chi connectivity index (χ0) is 12.0. The van der Waals surface area contributed by atoms with Gasteiger partial charge in [-0.1, -0.05) is 0 Å². The van der Waals surface area contributed by atoms with E-state index in [-0.39, 0.29) is 17.9 Å². The molecule has 88 valence electrons. The van der Waals surface area contributed by atoms with Gasteiger partial charge in [-0.2, -0.15) is 0 Å². The SMILES string of the molecule is Nc1ccc(C(=O)O)c(OCCCCO)c1. The van der Waals surface area contributed by atoms with Gasteiger partial charge in [0.1, 0.15) is 11.3 Å². The van der Waals surface area contributed by atoms with E-state index in [9.17, 15) is 4.79 Å². The average molecular weight is 225 g/mol. The van der Waals surface area contributed by atoms with Crippen LogP contribution < -0.4 is 10.5 Å². The van der Waals surface area contributed by atoms with Crippen molar-refractivity contribution < 1.29 is 19.7 Å². The molecule has 0 aromatic heterocycles. The number of benzene rings is 1. The van der Waals surface area contributed by atoms with Gasteiger partial charge in [-0.15, -0.1) is 0 Å². The lowest BCUT2D eigenvalue weighted by Crippen LogP contribution is -2.05. The number of aromatic carboxylic acids is 1. The number of nitrogen functional groups attached to an aromatic ring is 1. The van der Waals surface area contributed by atoms with Crippen molar-refractivity contribution in [1.29, 1.82) is 0 Å². The van der Waals surface area contributed by atoms with Crippen LogP contribution in [0.5, 0.6) is 5.75 Å². The molecule has 0 unspecified atom stereocenters. The summed E-state index contributed by atoms with van der Waals surface area (Å²) in [6.07, 6.45) is 1.30. The van der Waals surface area contributed by atoms with Crippen LogP contribution in [0.2, 0.25) is 0 Å². The number of carbonyl (C=O) groups is 1. The molecule has 0 aliphatic carbocycles. The fraction of sp³-hybridized carbons (Fsp3) is 0.364. The van der Waals surface area contributed by atoms with Crippen molar-refractivity contribution in [3.63, 3.8) is 0 Å². The molecule has 5 nitrogen and oxygen atoms in total. The molecule has 0 atom stereocenters. The van der Waals surface area contributed by atoms with Crippen molar-refractivity contribution in [3.05, 3.63) is 23.8 Å². The Balaban J connectivity index is 2.68. The Hall–Kier alpha value is -1.75. The van der Waals surface area contributed by atoms with Gasteiger partial charge in [0.2, 0.25) is 0 Å². The number of rotatable bonds is 6. The number of aliphatic hydroxyl groups excluding tert-OH is 1. The molecule has 0 aliphatic heterocycles. The molecule has 0 aliphatic rings. The van der Waals surface area contributed by atoms with Gasteiger partial charge in [0.25, 0.3) is 0 Å². The average Bonchev–Trinajstić information content (AvgIpc) is 2.24. The second-order valence-corrected chi connectivity index (χ2v) is 3.34. The second kappa shape index (κ2) is 5.97. The lowest BCUT2D eigenvalue weighted by molar-refractivity contribution is 0.0692. The van der Waals surface area contributed by atoms with E-state index in [0.717, 1.165) is 0 Å². The third kappa shape index (κ3) is 3.43. The minimum absolute atomic E-state index is 0.0956. The van der Waals surface area contributed by atoms with E-state index in [1.807, 2.05) is 0 Å². The Morgan fingerprint density at radius 2 is 2.12 bits per heavy atom. The zero-order valence-corrected chi connectivity index (χ0v) is 8.85. The normalized spacial score (nSPS) is 10.1. The summed E-state index contributed by atoms with van der Waals surface area (Å²) in [4.78, 5) is 10.9. The summed E-state index contributed by atoms with van der Waals surface area (Å²) in [6, 6.07) is 4.42. The molecule has 0 bridgehead atoms. The first-order valence-electron chi connectivity index (χ1n) is 5.01. The smallest absolute Gasteiger partial charge is 0.339 e. The molecule has 0 amide bonds. The molecule has 1 rings (SSSR count). The van der Waals surface area contributed by atoms with Crippen LogP contribution in [0.4, 0.5) is 5.69 Å². The van der Waals surface area contributed by atoms with Crippen molar-refractivity contribution in [3.8, 4) is 5.75 Å². The Bertz CT molecular complexity index is 365. The first-order chi connectivity index (χ1) is 7.65. The second-order valence-electron chi connectivity index (χ2n) is 3.34.